The van der Waals surface area contributed by atoms with Crippen molar-refractivity contribution in [3.63, 3.8) is 0 Å². The minimum atomic E-state index is -0.104. The molecule has 0 fully saturated rings. The Morgan fingerprint density at radius 2 is 2.08 bits per heavy atom. The lowest BCUT2D eigenvalue weighted by Gasteiger charge is -2.14. The van der Waals surface area contributed by atoms with Crippen molar-refractivity contribution in [3.05, 3.63) is 20.8 Å². The minimum Gasteiger partial charge on any atom is -0.352 e. The monoisotopic (exact) mass is 348 g/mol. The van der Waals surface area contributed by atoms with Crippen molar-refractivity contribution in [1.29, 1.82) is 0 Å². The second-order valence-electron chi connectivity index (χ2n) is 6.45. The lowest BCUT2D eigenvalue weighted by atomic mass is 9.97. The molecule has 1 amide bonds. The van der Waals surface area contributed by atoms with E-state index in [9.17, 15) is 9.59 Å². The molecule has 0 saturated carbocycles. The molecule has 2 N–H and O–H groups in total. The third kappa shape index (κ3) is 3.17. The zero-order valence-corrected chi connectivity index (χ0v) is 15.3. The average molecular weight is 348 g/mol. The van der Waals surface area contributed by atoms with Gasteiger partial charge in [0.1, 0.15) is 4.83 Å². The van der Waals surface area contributed by atoms with Crippen molar-refractivity contribution in [2.45, 2.75) is 59.0 Å². The number of anilines is 1. The molecule has 1 aliphatic carbocycles. The Labute approximate surface area is 145 Å². The Hall–Kier alpha value is -1.89. The summed E-state index contributed by atoms with van der Waals surface area (Å²) in [6, 6.07) is 0.0899. The summed E-state index contributed by atoms with van der Waals surface area (Å²) in [5, 5.41) is 6.64. The summed E-state index contributed by atoms with van der Waals surface area (Å²) in [4.78, 5) is 31.5. The molecule has 0 spiro atoms. The van der Waals surface area contributed by atoms with Gasteiger partial charge in [0.2, 0.25) is 11.9 Å². The predicted octanol–water partition coefficient (Wildman–Crippen LogP) is 2.29. The molecule has 0 aliphatic heterocycles. The van der Waals surface area contributed by atoms with Crippen molar-refractivity contribution in [2.24, 2.45) is 0 Å². The van der Waals surface area contributed by atoms with E-state index in [4.69, 9.17) is 0 Å². The van der Waals surface area contributed by atoms with Gasteiger partial charge in [-0.3, -0.25) is 14.2 Å². The van der Waals surface area contributed by atoms with Gasteiger partial charge in [-0.1, -0.05) is 0 Å². The molecule has 0 radical (unpaired) electrons. The molecule has 130 valence electrons. The molecule has 0 aromatic carbocycles. The molecule has 2 aromatic heterocycles. The van der Waals surface area contributed by atoms with E-state index >= 15 is 0 Å². The van der Waals surface area contributed by atoms with Gasteiger partial charge in [-0.05, 0) is 52.0 Å². The number of aryl methyl sites for hydroxylation is 2. The molecular weight excluding hydrogens is 324 g/mol. The van der Waals surface area contributed by atoms with E-state index < -0.39 is 0 Å². The molecule has 0 saturated heterocycles. The fraction of sp³-hybridized carbons (Fsp3) is 0.588. The van der Waals surface area contributed by atoms with Gasteiger partial charge < -0.3 is 10.6 Å². The van der Waals surface area contributed by atoms with Gasteiger partial charge in [0, 0.05) is 17.5 Å². The van der Waals surface area contributed by atoms with E-state index in [0.717, 1.165) is 29.5 Å². The van der Waals surface area contributed by atoms with Crippen molar-refractivity contribution in [1.82, 2.24) is 14.9 Å². The fourth-order valence-electron chi connectivity index (χ4n) is 3.20. The predicted molar refractivity (Wildman–Crippen MR) is 98.0 cm³/mol. The highest BCUT2D eigenvalue weighted by Crippen LogP contribution is 2.34. The quantitative estimate of drug-likeness (QED) is 0.869. The van der Waals surface area contributed by atoms with Crippen LogP contribution < -0.4 is 16.2 Å². The second-order valence-corrected chi connectivity index (χ2v) is 7.54. The Kier molecular flexibility index (Phi) is 4.89. The molecule has 0 bridgehead atoms. The summed E-state index contributed by atoms with van der Waals surface area (Å²) in [6.45, 7) is 6.40. The zero-order valence-electron chi connectivity index (χ0n) is 14.4. The summed E-state index contributed by atoms with van der Waals surface area (Å²) >= 11 is 1.63. The number of hydrogen-bond acceptors (Lipinski definition) is 5. The lowest BCUT2D eigenvalue weighted by Crippen LogP contribution is -2.36. The molecule has 7 heteroatoms. The number of nitrogens with one attached hydrogen (secondary N) is 2. The van der Waals surface area contributed by atoms with Crippen molar-refractivity contribution >= 4 is 33.4 Å². The molecule has 0 unspecified atom stereocenters. The van der Waals surface area contributed by atoms with Crippen LogP contribution in [-0.2, 0) is 24.2 Å². The van der Waals surface area contributed by atoms with Crippen LogP contribution in [0, 0.1) is 0 Å². The number of carbonyl (C=O) groups is 1. The van der Waals surface area contributed by atoms with Crippen LogP contribution in [0.2, 0.25) is 0 Å². The van der Waals surface area contributed by atoms with Crippen molar-refractivity contribution in [2.75, 3.05) is 11.9 Å². The summed E-state index contributed by atoms with van der Waals surface area (Å²) < 4.78 is 1.63. The van der Waals surface area contributed by atoms with Crippen molar-refractivity contribution < 1.29 is 4.79 Å². The van der Waals surface area contributed by atoms with Gasteiger partial charge in [-0.2, -0.15) is 0 Å². The van der Waals surface area contributed by atoms with E-state index in [1.165, 1.54) is 16.9 Å². The highest BCUT2D eigenvalue weighted by Gasteiger charge is 2.21. The summed E-state index contributed by atoms with van der Waals surface area (Å²) in [7, 11) is 0. The van der Waals surface area contributed by atoms with Crippen molar-refractivity contribution in [3.8, 4) is 0 Å². The lowest BCUT2D eigenvalue weighted by molar-refractivity contribution is -0.119. The van der Waals surface area contributed by atoms with Gasteiger partial charge in [0.15, 0.2) is 0 Å². The third-order valence-electron chi connectivity index (χ3n) is 4.25. The third-order valence-corrected chi connectivity index (χ3v) is 5.43. The standard InChI is InChI=1S/C17H24N4O2S/c1-4-21-16(23)14-11-7-5-6-8-12(11)24-15(14)20-17(21)18-9-13(22)19-10(2)3/h10H,4-9H2,1-3H3,(H,18,20)(H,19,22). The highest BCUT2D eigenvalue weighted by molar-refractivity contribution is 7.18. The first-order chi connectivity index (χ1) is 11.5. The van der Waals surface area contributed by atoms with Gasteiger partial charge in [-0.15, -0.1) is 11.3 Å². The summed E-state index contributed by atoms with van der Waals surface area (Å²) in [5.41, 5.74) is 1.21. The summed E-state index contributed by atoms with van der Waals surface area (Å²) in [6.07, 6.45) is 4.34. The van der Waals surface area contributed by atoms with Crippen LogP contribution in [0.1, 0.15) is 44.1 Å². The van der Waals surface area contributed by atoms with Crippen LogP contribution in [0.4, 0.5) is 5.95 Å². The average Bonchev–Trinajstić information content (AvgIpc) is 2.90. The molecule has 3 rings (SSSR count). The smallest absolute Gasteiger partial charge is 0.263 e. The topological polar surface area (TPSA) is 76.0 Å². The van der Waals surface area contributed by atoms with E-state index in [-0.39, 0.29) is 24.1 Å². The van der Waals surface area contributed by atoms with Crippen LogP contribution in [0.5, 0.6) is 0 Å². The Bertz CT molecular complexity index is 822. The minimum absolute atomic E-state index is 0.00803. The van der Waals surface area contributed by atoms with E-state index in [0.29, 0.717) is 12.5 Å². The molecular formula is C17H24N4O2S. The van der Waals surface area contributed by atoms with E-state index in [1.54, 1.807) is 15.9 Å². The fourth-order valence-corrected chi connectivity index (χ4v) is 4.45. The SMILES string of the molecule is CCn1c(NCC(=O)NC(C)C)nc2sc3c(c2c1=O)CCCC3. The highest BCUT2D eigenvalue weighted by atomic mass is 32.1. The number of amides is 1. The van der Waals surface area contributed by atoms with Gasteiger partial charge in [-0.25, -0.2) is 4.98 Å². The zero-order chi connectivity index (χ0) is 17.3. The maximum atomic E-state index is 12.9. The second kappa shape index (κ2) is 6.93. The number of nitrogens with zero attached hydrogens (tertiary/aromatic N) is 2. The van der Waals surface area contributed by atoms with Crippen LogP contribution in [-0.4, -0.2) is 28.0 Å². The van der Waals surface area contributed by atoms with Crippen LogP contribution in [0.3, 0.4) is 0 Å². The first-order valence-corrected chi connectivity index (χ1v) is 9.41. The van der Waals surface area contributed by atoms with E-state index in [2.05, 4.69) is 15.6 Å². The number of thiophene rings is 1. The maximum Gasteiger partial charge on any atom is 0.263 e. The van der Waals surface area contributed by atoms with Crippen LogP contribution >= 0.6 is 11.3 Å². The molecule has 1 aliphatic rings. The van der Waals surface area contributed by atoms with Gasteiger partial charge in [0.05, 0.1) is 11.9 Å². The van der Waals surface area contributed by atoms with Gasteiger partial charge in [0.25, 0.3) is 5.56 Å². The normalized spacial score (nSPS) is 14.0. The number of rotatable bonds is 5. The Morgan fingerprint density at radius 3 is 2.79 bits per heavy atom. The number of fused-ring (bicyclic) bond motifs is 3. The number of carbonyl (C=O) groups excluding carboxylic acids is 1. The largest absolute Gasteiger partial charge is 0.352 e. The molecule has 2 heterocycles. The Morgan fingerprint density at radius 1 is 1.33 bits per heavy atom. The molecule has 0 atom stereocenters. The number of hydrogen-bond donors (Lipinski definition) is 2. The number of aromatic nitrogens is 2. The first-order valence-electron chi connectivity index (χ1n) is 8.59. The summed E-state index contributed by atoms with van der Waals surface area (Å²) in [5.74, 6) is 0.375. The molecule has 2 aromatic rings. The van der Waals surface area contributed by atoms with Gasteiger partial charge >= 0.3 is 0 Å². The molecule has 24 heavy (non-hydrogen) atoms. The first kappa shape index (κ1) is 17.0. The Balaban J connectivity index is 1.96. The van der Waals surface area contributed by atoms with E-state index in [1.807, 2.05) is 20.8 Å². The van der Waals surface area contributed by atoms with Crippen LogP contribution in [0.15, 0.2) is 4.79 Å². The molecule has 6 nitrogen and oxygen atoms in total. The maximum absolute atomic E-state index is 12.9. The van der Waals surface area contributed by atoms with Crippen LogP contribution in [0.25, 0.3) is 10.2 Å².